The molecule has 1 atom stereocenters. The number of carbonyl (C=O) groups excluding carboxylic acids is 1. The van der Waals surface area contributed by atoms with E-state index in [0.717, 1.165) is 29.8 Å². The van der Waals surface area contributed by atoms with E-state index in [1.54, 1.807) is 0 Å². The number of hydrogen-bond acceptors (Lipinski definition) is 3. The van der Waals surface area contributed by atoms with Crippen molar-refractivity contribution < 1.29 is 9.53 Å². The molecule has 1 aliphatic rings. The topological polar surface area (TPSA) is 38.3 Å². The first-order valence-electron chi connectivity index (χ1n) is 6.70. The molecule has 1 heterocycles. The lowest BCUT2D eigenvalue weighted by molar-refractivity contribution is 0.0830. The van der Waals surface area contributed by atoms with Gasteiger partial charge in [0, 0.05) is 6.54 Å². The first kappa shape index (κ1) is 16.0. The number of Topliss-reactive ketones (excluding diaryl/α,β-unsaturated/α-hetero) is 1. The van der Waals surface area contributed by atoms with Gasteiger partial charge in [0.2, 0.25) is 0 Å². The summed E-state index contributed by atoms with van der Waals surface area (Å²) >= 11 is 0. The molecule has 3 nitrogen and oxygen atoms in total. The van der Waals surface area contributed by atoms with E-state index in [1.165, 1.54) is 6.42 Å². The van der Waals surface area contributed by atoms with Crippen LogP contribution in [-0.4, -0.2) is 25.5 Å². The van der Waals surface area contributed by atoms with Crippen molar-refractivity contribution in [1.29, 1.82) is 0 Å². The fourth-order valence-electron chi connectivity index (χ4n) is 2.17. The van der Waals surface area contributed by atoms with Crippen molar-refractivity contribution >= 4 is 18.2 Å². The first-order chi connectivity index (χ1) is 8.72. The number of ketones is 1. The van der Waals surface area contributed by atoms with Crippen LogP contribution in [0.2, 0.25) is 0 Å². The number of hydrogen-bond donors (Lipinski definition) is 1. The van der Waals surface area contributed by atoms with Crippen molar-refractivity contribution in [1.82, 2.24) is 5.32 Å². The second kappa shape index (κ2) is 7.51. The molecule has 1 aliphatic heterocycles. The fraction of sp³-hybridized carbons (Fsp3) is 0.533. The number of carbonyl (C=O) groups is 1. The second-order valence-electron chi connectivity index (χ2n) is 4.93. The quantitative estimate of drug-likeness (QED) is 0.844. The number of halogens is 1. The van der Waals surface area contributed by atoms with Gasteiger partial charge in [0.05, 0.1) is 18.1 Å². The molecule has 2 rings (SSSR count). The summed E-state index contributed by atoms with van der Waals surface area (Å²) < 4.78 is 5.68. The van der Waals surface area contributed by atoms with Gasteiger partial charge in [-0.2, -0.15) is 0 Å². The van der Waals surface area contributed by atoms with Crippen LogP contribution in [-0.2, 0) is 0 Å². The molecule has 0 saturated carbocycles. The normalized spacial score (nSPS) is 17.4. The third-order valence-electron chi connectivity index (χ3n) is 3.31. The third kappa shape index (κ3) is 3.95. The molecular formula is C15H22ClNO2. The number of rotatable bonds is 5. The number of fused-ring (bicyclic) bond motifs is 1. The summed E-state index contributed by atoms with van der Waals surface area (Å²) in [6.45, 7) is 6.35. The second-order valence-corrected chi connectivity index (χ2v) is 4.93. The van der Waals surface area contributed by atoms with E-state index in [2.05, 4.69) is 12.2 Å². The molecule has 0 aromatic heterocycles. The zero-order valence-corrected chi connectivity index (χ0v) is 12.4. The minimum atomic E-state index is -0.0444. The molecule has 0 bridgehead atoms. The van der Waals surface area contributed by atoms with Crippen molar-refractivity contribution in [2.24, 2.45) is 5.92 Å². The van der Waals surface area contributed by atoms with Crippen LogP contribution in [0.15, 0.2) is 18.2 Å². The van der Waals surface area contributed by atoms with Crippen LogP contribution in [0.3, 0.4) is 0 Å². The Morgan fingerprint density at radius 1 is 1.42 bits per heavy atom. The van der Waals surface area contributed by atoms with Crippen molar-refractivity contribution in [2.45, 2.75) is 26.7 Å². The fourth-order valence-corrected chi connectivity index (χ4v) is 2.17. The van der Waals surface area contributed by atoms with Crippen molar-refractivity contribution in [3.05, 3.63) is 29.3 Å². The average molecular weight is 284 g/mol. The number of unbranched alkanes of at least 4 members (excludes halogenated alkanes) is 1. The SMILES string of the molecule is CCCCNCC1COc2cc(C)ccc2C1=O.Cl. The lowest BCUT2D eigenvalue weighted by atomic mass is 9.94. The summed E-state index contributed by atoms with van der Waals surface area (Å²) in [4.78, 5) is 12.3. The average Bonchev–Trinajstić information content (AvgIpc) is 2.37. The lowest BCUT2D eigenvalue weighted by Gasteiger charge is -2.24. The lowest BCUT2D eigenvalue weighted by Crippen LogP contribution is -2.36. The minimum Gasteiger partial charge on any atom is -0.492 e. The summed E-state index contributed by atoms with van der Waals surface area (Å²) in [7, 11) is 0. The Hall–Kier alpha value is -1.06. The van der Waals surface area contributed by atoms with E-state index in [-0.39, 0.29) is 24.1 Å². The maximum Gasteiger partial charge on any atom is 0.174 e. The van der Waals surface area contributed by atoms with E-state index in [0.29, 0.717) is 13.2 Å². The van der Waals surface area contributed by atoms with Gasteiger partial charge in [0.15, 0.2) is 5.78 Å². The standard InChI is InChI=1S/C15H21NO2.ClH/c1-3-4-7-16-9-12-10-18-14-8-11(2)5-6-13(14)15(12)17;/h5-6,8,12,16H,3-4,7,9-10H2,1-2H3;1H. The Morgan fingerprint density at radius 2 is 2.21 bits per heavy atom. The number of ether oxygens (including phenoxy) is 1. The van der Waals surface area contributed by atoms with Crippen LogP contribution in [0, 0.1) is 12.8 Å². The first-order valence-corrected chi connectivity index (χ1v) is 6.70. The van der Waals surface area contributed by atoms with Crippen LogP contribution in [0.4, 0.5) is 0 Å². The molecule has 0 radical (unpaired) electrons. The van der Waals surface area contributed by atoms with Gasteiger partial charge in [-0.15, -0.1) is 12.4 Å². The maximum absolute atomic E-state index is 12.3. The summed E-state index contributed by atoms with van der Waals surface area (Å²) in [5, 5.41) is 3.33. The van der Waals surface area contributed by atoms with Crippen LogP contribution in [0.25, 0.3) is 0 Å². The van der Waals surface area contributed by atoms with Gasteiger partial charge in [-0.3, -0.25) is 4.79 Å². The Morgan fingerprint density at radius 3 is 2.95 bits per heavy atom. The molecule has 106 valence electrons. The highest BCUT2D eigenvalue weighted by Gasteiger charge is 2.28. The molecule has 0 spiro atoms. The predicted octanol–water partition coefficient (Wildman–Crippen LogP) is 3.00. The largest absolute Gasteiger partial charge is 0.492 e. The van der Waals surface area contributed by atoms with Crippen LogP contribution in [0.5, 0.6) is 5.75 Å². The smallest absolute Gasteiger partial charge is 0.174 e. The Kier molecular flexibility index (Phi) is 6.32. The molecule has 0 amide bonds. The number of nitrogens with one attached hydrogen (secondary N) is 1. The van der Waals surface area contributed by atoms with Gasteiger partial charge >= 0.3 is 0 Å². The Balaban J connectivity index is 0.00000180. The number of benzene rings is 1. The summed E-state index contributed by atoms with van der Waals surface area (Å²) in [5.41, 5.74) is 1.86. The zero-order chi connectivity index (χ0) is 13.0. The molecule has 19 heavy (non-hydrogen) atoms. The van der Waals surface area contributed by atoms with Crippen molar-refractivity contribution in [3.8, 4) is 5.75 Å². The molecular weight excluding hydrogens is 262 g/mol. The molecule has 1 unspecified atom stereocenters. The monoisotopic (exact) mass is 283 g/mol. The van der Waals surface area contributed by atoms with Gasteiger partial charge in [0.25, 0.3) is 0 Å². The molecule has 1 N–H and O–H groups in total. The van der Waals surface area contributed by atoms with E-state index >= 15 is 0 Å². The predicted molar refractivity (Wildman–Crippen MR) is 79.5 cm³/mol. The zero-order valence-electron chi connectivity index (χ0n) is 11.6. The van der Waals surface area contributed by atoms with Gasteiger partial charge in [-0.25, -0.2) is 0 Å². The van der Waals surface area contributed by atoms with E-state index in [1.807, 2.05) is 25.1 Å². The van der Waals surface area contributed by atoms with Gasteiger partial charge in [0.1, 0.15) is 5.75 Å². The van der Waals surface area contributed by atoms with Gasteiger partial charge in [-0.1, -0.05) is 19.4 Å². The Labute approximate surface area is 121 Å². The maximum atomic E-state index is 12.3. The number of aryl methyl sites for hydroxylation is 1. The highest BCUT2D eigenvalue weighted by molar-refractivity contribution is 6.01. The third-order valence-corrected chi connectivity index (χ3v) is 3.31. The highest BCUT2D eigenvalue weighted by Crippen LogP contribution is 2.27. The van der Waals surface area contributed by atoms with Crippen LogP contribution in [0.1, 0.15) is 35.7 Å². The van der Waals surface area contributed by atoms with Crippen molar-refractivity contribution in [3.63, 3.8) is 0 Å². The van der Waals surface area contributed by atoms with Crippen LogP contribution < -0.4 is 10.1 Å². The summed E-state index contributed by atoms with van der Waals surface area (Å²) in [6, 6.07) is 5.78. The Bertz CT molecular complexity index is 434. The van der Waals surface area contributed by atoms with Gasteiger partial charge in [-0.05, 0) is 37.6 Å². The molecule has 0 saturated heterocycles. The molecule has 0 aliphatic carbocycles. The molecule has 1 aromatic rings. The minimum absolute atomic E-state index is 0. The van der Waals surface area contributed by atoms with Crippen molar-refractivity contribution in [2.75, 3.05) is 19.7 Å². The molecule has 1 aromatic carbocycles. The van der Waals surface area contributed by atoms with E-state index in [9.17, 15) is 4.79 Å². The van der Waals surface area contributed by atoms with Gasteiger partial charge < -0.3 is 10.1 Å². The summed E-state index contributed by atoms with van der Waals surface area (Å²) in [5.74, 6) is 0.905. The van der Waals surface area contributed by atoms with Crippen LogP contribution >= 0.6 is 12.4 Å². The molecule has 0 fully saturated rings. The highest BCUT2D eigenvalue weighted by atomic mass is 35.5. The summed E-state index contributed by atoms with van der Waals surface area (Å²) in [6.07, 6.45) is 2.32. The van der Waals surface area contributed by atoms with E-state index < -0.39 is 0 Å². The molecule has 4 heteroatoms. The van der Waals surface area contributed by atoms with E-state index in [4.69, 9.17) is 4.74 Å².